The number of aromatic nitrogens is 1. The molecule has 1 aromatic carbocycles. The van der Waals surface area contributed by atoms with E-state index >= 15 is 0 Å². The van der Waals surface area contributed by atoms with E-state index in [9.17, 15) is 0 Å². The summed E-state index contributed by atoms with van der Waals surface area (Å²) >= 11 is 2.35. The molecule has 27 heavy (non-hydrogen) atoms. The summed E-state index contributed by atoms with van der Waals surface area (Å²) in [5, 5.41) is 0. The van der Waals surface area contributed by atoms with E-state index in [0.29, 0.717) is 11.8 Å². The van der Waals surface area contributed by atoms with Gasteiger partial charge in [-0.15, -0.1) is 0 Å². The van der Waals surface area contributed by atoms with Crippen LogP contribution in [0.1, 0.15) is 62.8 Å². The van der Waals surface area contributed by atoms with Crippen LogP contribution in [-0.2, 0) is 49.7 Å². The predicted octanol–water partition coefficient (Wildman–Crippen LogP) is 5.99. The van der Waals surface area contributed by atoms with Gasteiger partial charge in [0.15, 0.2) is 0 Å². The van der Waals surface area contributed by atoms with E-state index in [4.69, 9.17) is 6.58 Å². The first kappa shape index (κ1) is 24.4. The third kappa shape index (κ3) is 6.19. The first-order chi connectivity index (χ1) is 12.5. The van der Waals surface area contributed by atoms with E-state index in [0.717, 1.165) is 28.8 Å². The first-order valence-electron chi connectivity index (χ1n) is 8.98. The van der Waals surface area contributed by atoms with Crippen LogP contribution in [0.4, 0.5) is 0 Å². The minimum Gasteiger partial charge on any atom is 3.00 e. The molecule has 0 saturated heterocycles. The SMILES string of the molecule is [CH-]=C/C=C(\[C-]=[V])c1ncccc1-c1[c-]c(C(C)C[CH-]C)c(C(C)C)cc1.[Y+3]. The second-order valence-corrected chi connectivity index (χ2v) is 7.07. The maximum Gasteiger partial charge on any atom is 3.00 e. The Morgan fingerprint density at radius 2 is 2.07 bits per heavy atom. The molecule has 1 unspecified atom stereocenters. The van der Waals surface area contributed by atoms with Crippen molar-refractivity contribution in [1.29, 1.82) is 0 Å². The second-order valence-electron chi connectivity index (χ2n) is 6.72. The molecule has 0 bridgehead atoms. The molecule has 0 aliphatic heterocycles. The average Bonchev–Trinajstić information content (AvgIpc) is 2.65. The Kier molecular flexibility index (Phi) is 10.9. The fourth-order valence-corrected chi connectivity index (χ4v) is 3.45. The molecular weight excluding hydrogens is 442 g/mol. The predicted molar refractivity (Wildman–Crippen MR) is 107 cm³/mol. The van der Waals surface area contributed by atoms with Gasteiger partial charge in [-0.1, -0.05) is 0 Å². The smallest absolute Gasteiger partial charge is 3.00 e. The number of allylic oxidation sites excluding steroid dienone is 3. The first-order valence-corrected chi connectivity index (χ1v) is 9.68. The molecule has 2 rings (SSSR count). The van der Waals surface area contributed by atoms with Gasteiger partial charge in [0, 0.05) is 0 Å². The summed E-state index contributed by atoms with van der Waals surface area (Å²) in [4.78, 5) is 4.57. The number of hydrogen-bond acceptors (Lipinski definition) is 1. The van der Waals surface area contributed by atoms with Crippen LogP contribution in [0, 0.1) is 19.1 Å². The molecule has 0 fully saturated rings. The molecule has 0 saturated carbocycles. The minimum atomic E-state index is 0. The fraction of sp³-hybridized carbons (Fsp3) is 0.292. The van der Waals surface area contributed by atoms with Crippen molar-refractivity contribution in [3.8, 4) is 11.1 Å². The number of rotatable bonds is 8. The zero-order chi connectivity index (χ0) is 19.1. The van der Waals surface area contributed by atoms with Crippen LogP contribution >= 0.6 is 0 Å². The van der Waals surface area contributed by atoms with Crippen molar-refractivity contribution in [2.45, 2.75) is 46.0 Å². The molecule has 0 radical (unpaired) electrons. The van der Waals surface area contributed by atoms with Gasteiger partial charge in [0.05, 0.1) is 0 Å². The summed E-state index contributed by atoms with van der Waals surface area (Å²) in [5.41, 5.74) is 6.49. The number of nitrogens with zero attached hydrogens (tertiary/aromatic N) is 1. The summed E-state index contributed by atoms with van der Waals surface area (Å²) in [6.07, 6.45) is 8.40. The van der Waals surface area contributed by atoms with E-state index in [2.05, 4.69) is 85.1 Å². The molecule has 1 nitrogen and oxygen atoms in total. The molecule has 0 aliphatic carbocycles. The van der Waals surface area contributed by atoms with Gasteiger partial charge in [-0.2, -0.15) is 0 Å². The second kappa shape index (κ2) is 12.1. The number of pyridine rings is 1. The molecule has 0 aliphatic rings. The van der Waals surface area contributed by atoms with E-state index in [1.165, 1.54) is 17.2 Å². The van der Waals surface area contributed by atoms with Gasteiger partial charge < -0.3 is 0 Å². The Morgan fingerprint density at radius 3 is 2.67 bits per heavy atom. The molecule has 0 spiro atoms. The Hall–Kier alpha value is -0.592. The summed E-state index contributed by atoms with van der Waals surface area (Å²) in [5.74, 6) is 0.908. The number of hydrogen-bond donors (Lipinski definition) is 0. The van der Waals surface area contributed by atoms with Gasteiger partial charge in [0.2, 0.25) is 0 Å². The third-order valence-corrected chi connectivity index (χ3v) is 4.83. The quantitative estimate of drug-likeness (QED) is 0.344. The van der Waals surface area contributed by atoms with Crippen LogP contribution in [0.5, 0.6) is 0 Å². The van der Waals surface area contributed by atoms with Crippen molar-refractivity contribution in [1.82, 2.24) is 4.98 Å². The monoisotopic (exact) mass is 467 g/mol. The van der Waals surface area contributed by atoms with Gasteiger partial charge in [0.1, 0.15) is 0 Å². The zero-order valence-corrected chi connectivity index (χ0v) is 20.8. The van der Waals surface area contributed by atoms with Gasteiger partial charge in [-0.05, 0) is 0 Å². The standard InChI is InChI=1S/C24H25N.V.Y/c1-7-10-18(5)23-16-20(13-14-21(23)17(3)4)22-12-9-15-25-24(22)19(6)11-8-2;;/h2,7-9,11-15,17-18H,10H2,1,3-5H3;;/q-4;;+3/b19-11+;;. The van der Waals surface area contributed by atoms with E-state index < -0.39 is 0 Å². The van der Waals surface area contributed by atoms with Crippen LogP contribution < -0.4 is 0 Å². The molecule has 1 aromatic heterocycles. The Bertz CT molecular complexity index is 808. The van der Waals surface area contributed by atoms with Crippen molar-refractivity contribution >= 4 is 10.3 Å². The maximum atomic E-state index is 5.59. The topological polar surface area (TPSA) is 12.9 Å². The summed E-state index contributed by atoms with van der Waals surface area (Å²) in [6.45, 7) is 14.4. The third-order valence-electron chi connectivity index (χ3n) is 4.45. The summed E-state index contributed by atoms with van der Waals surface area (Å²) < 4.78 is 3.12. The van der Waals surface area contributed by atoms with Crippen LogP contribution in [0.15, 0.2) is 42.6 Å². The van der Waals surface area contributed by atoms with Gasteiger partial charge in [-0.25, -0.2) is 0 Å². The molecular formula is C24H25NVY-. The van der Waals surface area contributed by atoms with Crippen molar-refractivity contribution < 1.29 is 49.7 Å². The van der Waals surface area contributed by atoms with Crippen LogP contribution in [0.25, 0.3) is 16.7 Å². The van der Waals surface area contributed by atoms with E-state index in [1.54, 1.807) is 6.20 Å². The Balaban J connectivity index is 0.00000364. The largest absolute Gasteiger partial charge is 3.00 e. The van der Waals surface area contributed by atoms with Crippen molar-refractivity contribution in [2.24, 2.45) is 0 Å². The molecule has 1 heterocycles. The van der Waals surface area contributed by atoms with Gasteiger partial charge in [0.25, 0.3) is 0 Å². The van der Waals surface area contributed by atoms with Gasteiger partial charge >= 0.3 is 201 Å². The molecule has 135 valence electrons. The number of benzene rings is 1. The van der Waals surface area contributed by atoms with Crippen LogP contribution in [0.2, 0.25) is 0 Å². The van der Waals surface area contributed by atoms with Gasteiger partial charge in [-0.3, -0.25) is 0 Å². The molecule has 2 aromatic rings. The zero-order valence-electron chi connectivity index (χ0n) is 16.5. The molecule has 0 N–H and O–H groups in total. The van der Waals surface area contributed by atoms with Crippen molar-refractivity contribution in [3.05, 3.63) is 78.5 Å². The van der Waals surface area contributed by atoms with E-state index in [-0.39, 0.29) is 32.7 Å². The van der Waals surface area contributed by atoms with Crippen LogP contribution in [0.3, 0.4) is 0 Å². The average molecular weight is 467 g/mol. The van der Waals surface area contributed by atoms with Crippen molar-refractivity contribution in [2.75, 3.05) is 0 Å². The fourth-order valence-electron chi connectivity index (χ4n) is 3.16. The van der Waals surface area contributed by atoms with Crippen LogP contribution in [-0.4, -0.2) is 9.71 Å². The minimum absolute atomic E-state index is 0. The summed E-state index contributed by atoms with van der Waals surface area (Å²) in [6, 6.07) is 12.1. The Morgan fingerprint density at radius 1 is 1.33 bits per heavy atom. The Labute approximate surface area is 199 Å². The summed E-state index contributed by atoms with van der Waals surface area (Å²) in [7, 11) is 0. The normalized spacial score (nSPS) is 12.4. The molecule has 1 atom stereocenters. The maximum absolute atomic E-state index is 5.59. The molecule has 3 heteroatoms. The molecule has 0 amide bonds. The van der Waals surface area contributed by atoms with Crippen molar-refractivity contribution in [3.63, 3.8) is 0 Å². The van der Waals surface area contributed by atoms with E-state index in [1.807, 2.05) is 12.1 Å².